The Labute approximate surface area is 138 Å². The van der Waals surface area contributed by atoms with Crippen LogP contribution in [0.4, 0.5) is 0 Å². The summed E-state index contributed by atoms with van der Waals surface area (Å²) in [6, 6.07) is 17.8. The molecule has 0 aliphatic carbocycles. The quantitative estimate of drug-likeness (QED) is 0.607. The van der Waals surface area contributed by atoms with Crippen LogP contribution in [0.2, 0.25) is 18.1 Å². The molecule has 22 heavy (non-hydrogen) atoms. The highest BCUT2D eigenvalue weighted by atomic mass is 35.5. The van der Waals surface area contributed by atoms with Crippen LogP contribution in [-0.4, -0.2) is 20.7 Å². The third-order valence-electron chi connectivity index (χ3n) is 3.94. The van der Waals surface area contributed by atoms with Crippen molar-refractivity contribution in [3.05, 3.63) is 65.2 Å². The first-order chi connectivity index (χ1) is 10.5. The maximum Gasteiger partial charge on any atom is 0.310 e. The van der Waals surface area contributed by atoms with Gasteiger partial charge >= 0.3 is 5.97 Å². The van der Waals surface area contributed by atoms with Crippen molar-refractivity contribution in [2.75, 3.05) is 6.61 Å². The van der Waals surface area contributed by atoms with Crippen LogP contribution in [0.1, 0.15) is 18.0 Å². The van der Waals surface area contributed by atoms with Crippen molar-refractivity contribution in [3.63, 3.8) is 0 Å². The molecule has 2 aromatic carbocycles. The monoisotopic (exact) mass is 332 g/mol. The van der Waals surface area contributed by atoms with Crippen molar-refractivity contribution in [2.45, 2.75) is 25.6 Å². The van der Waals surface area contributed by atoms with Crippen molar-refractivity contribution < 1.29 is 9.53 Å². The lowest BCUT2D eigenvalue weighted by atomic mass is 10.1. The fourth-order valence-electron chi connectivity index (χ4n) is 2.79. The Kier molecular flexibility index (Phi) is 5.43. The van der Waals surface area contributed by atoms with Crippen LogP contribution in [-0.2, 0) is 9.53 Å². The second-order valence-electron chi connectivity index (χ2n) is 5.83. The molecule has 0 heterocycles. The molecule has 0 fully saturated rings. The first-order valence-corrected chi connectivity index (χ1v) is 10.9. The average molecular weight is 333 g/mol. The minimum atomic E-state index is -2.11. The summed E-state index contributed by atoms with van der Waals surface area (Å²) in [6.07, 6.45) is 0. The van der Waals surface area contributed by atoms with Crippen molar-refractivity contribution in [2.24, 2.45) is 0 Å². The van der Waals surface area contributed by atoms with E-state index in [0.717, 1.165) is 5.56 Å². The predicted octanol–water partition coefficient (Wildman–Crippen LogP) is 4.14. The van der Waals surface area contributed by atoms with E-state index in [0.29, 0.717) is 11.6 Å². The summed E-state index contributed by atoms with van der Waals surface area (Å²) in [5.74, 6) is -0.162. The zero-order valence-electron chi connectivity index (χ0n) is 13.2. The van der Waals surface area contributed by atoms with Crippen molar-refractivity contribution in [1.29, 1.82) is 0 Å². The van der Waals surface area contributed by atoms with E-state index in [1.807, 2.05) is 49.4 Å². The zero-order chi connectivity index (χ0) is 16.2. The van der Waals surface area contributed by atoms with Crippen molar-refractivity contribution in [1.82, 2.24) is 0 Å². The number of halogens is 1. The SMILES string of the molecule is CCOC(=O)[C@@H](c1cccc(Cl)c1)[Si](C)(C)c1ccccc1. The fourth-order valence-corrected chi connectivity index (χ4v) is 6.06. The van der Waals surface area contributed by atoms with Crippen molar-refractivity contribution in [3.8, 4) is 0 Å². The van der Waals surface area contributed by atoms with Crippen LogP contribution in [0.15, 0.2) is 54.6 Å². The summed E-state index contributed by atoms with van der Waals surface area (Å²) >= 11 is 6.13. The maximum absolute atomic E-state index is 12.6. The molecule has 1 atom stereocenters. The number of rotatable bonds is 5. The number of hydrogen-bond acceptors (Lipinski definition) is 2. The number of ether oxygens (including phenoxy) is 1. The van der Waals surface area contributed by atoms with Crippen molar-refractivity contribution >= 4 is 30.8 Å². The second-order valence-corrected chi connectivity index (χ2v) is 10.9. The van der Waals surface area contributed by atoms with Gasteiger partial charge in [-0.05, 0) is 24.6 Å². The van der Waals surface area contributed by atoms with Gasteiger partial charge in [0.1, 0.15) is 8.07 Å². The smallest absolute Gasteiger partial charge is 0.310 e. The van der Waals surface area contributed by atoms with E-state index in [1.54, 1.807) is 0 Å². The summed E-state index contributed by atoms with van der Waals surface area (Å²) in [6.45, 7) is 6.62. The normalized spacial score (nSPS) is 12.7. The van der Waals surface area contributed by atoms with Gasteiger partial charge in [-0.25, -0.2) is 0 Å². The molecule has 116 valence electrons. The van der Waals surface area contributed by atoms with Gasteiger partial charge in [0.05, 0.1) is 12.1 Å². The van der Waals surface area contributed by atoms with Gasteiger partial charge in [-0.1, -0.05) is 72.3 Å². The molecule has 0 amide bonds. The van der Waals surface area contributed by atoms with Gasteiger partial charge in [0.2, 0.25) is 0 Å². The van der Waals surface area contributed by atoms with Crippen LogP contribution >= 0.6 is 11.6 Å². The zero-order valence-corrected chi connectivity index (χ0v) is 14.9. The number of esters is 1. The highest BCUT2D eigenvalue weighted by molar-refractivity contribution is 6.93. The standard InChI is InChI=1S/C18H21ClO2Si/c1-4-21-18(20)17(14-9-8-10-15(19)13-14)22(2,3)16-11-6-5-7-12-16/h5-13,17H,4H2,1-3H3/t17-/m1/s1. The van der Waals surface area contributed by atoms with Crippen LogP contribution in [0.5, 0.6) is 0 Å². The molecule has 0 radical (unpaired) electrons. The highest BCUT2D eigenvalue weighted by Gasteiger charge is 2.40. The lowest BCUT2D eigenvalue weighted by Crippen LogP contribution is -2.51. The van der Waals surface area contributed by atoms with Crippen LogP contribution < -0.4 is 5.19 Å². The van der Waals surface area contributed by atoms with E-state index in [4.69, 9.17) is 16.3 Å². The Morgan fingerprint density at radius 1 is 1.14 bits per heavy atom. The predicted molar refractivity (Wildman–Crippen MR) is 94.4 cm³/mol. The molecule has 2 nitrogen and oxygen atoms in total. The van der Waals surface area contributed by atoms with Gasteiger partial charge in [0.15, 0.2) is 0 Å². The highest BCUT2D eigenvalue weighted by Crippen LogP contribution is 2.30. The molecular formula is C18H21ClO2Si. The summed E-state index contributed by atoms with van der Waals surface area (Å²) in [4.78, 5) is 12.6. The van der Waals surface area contributed by atoms with E-state index in [2.05, 4.69) is 25.2 Å². The third-order valence-corrected chi connectivity index (χ3v) is 8.01. The topological polar surface area (TPSA) is 26.3 Å². The molecule has 0 saturated carbocycles. The number of carbonyl (C=O) groups is 1. The lowest BCUT2D eigenvalue weighted by molar-refractivity contribution is -0.143. The van der Waals surface area contributed by atoms with Gasteiger partial charge in [-0.2, -0.15) is 0 Å². The molecule has 4 heteroatoms. The van der Waals surface area contributed by atoms with Gasteiger partial charge in [0.25, 0.3) is 0 Å². The maximum atomic E-state index is 12.6. The van der Waals surface area contributed by atoms with Crippen LogP contribution in [0.25, 0.3) is 0 Å². The van der Waals surface area contributed by atoms with E-state index >= 15 is 0 Å². The molecule has 0 aliphatic heterocycles. The third kappa shape index (κ3) is 3.60. The minimum absolute atomic E-state index is 0.162. The lowest BCUT2D eigenvalue weighted by Gasteiger charge is -2.31. The van der Waals surface area contributed by atoms with Gasteiger partial charge < -0.3 is 4.74 Å². The molecule has 0 spiro atoms. The van der Waals surface area contributed by atoms with E-state index in [1.165, 1.54) is 5.19 Å². The fraction of sp³-hybridized carbons (Fsp3) is 0.278. The molecule has 0 N–H and O–H groups in total. The van der Waals surface area contributed by atoms with Crippen LogP contribution in [0, 0.1) is 0 Å². The Morgan fingerprint density at radius 2 is 1.82 bits per heavy atom. The Hall–Kier alpha value is -1.58. The largest absolute Gasteiger partial charge is 0.466 e. The van der Waals surface area contributed by atoms with E-state index in [9.17, 15) is 4.79 Å². The Bertz CT molecular complexity index is 641. The molecule has 0 aromatic heterocycles. The van der Waals surface area contributed by atoms with Gasteiger partial charge in [-0.3, -0.25) is 4.79 Å². The molecule has 2 aromatic rings. The number of benzene rings is 2. The molecule has 2 rings (SSSR count). The van der Waals surface area contributed by atoms with Gasteiger partial charge in [-0.15, -0.1) is 0 Å². The van der Waals surface area contributed by atoms with E-state index in [-0.39, 0.29) is 11.5 Å². The number of hydrogen-bond donors (Lipinski definition) is 0. The summed E-state index contributed by atoms with van der Waals surface area (Å²) in [7, 11) is -2.11. The molecule has 0 bridgehead atoms. The second kappa shape index (κ2) is 7.12. The average Bonchev–Trinajstić information content (AvgIpc) is 2.48. The minimum Gasteiger partial charge on any atom is -0.466 e. The summed E-state index contributed by atoms with van der Waals surface area (Å²) < 4.78 is 5.36. The number of carbonyl (C=O) groups excluding carboxylic acids is 1. The van der Waals surface area contributed by atoms with Crippen LogP contribution in [0.3, 0.4) is 0 Å². The summed E-state index contributed by atoms with van der Waals surface area (Å²) in [5, 5.41) is 1.87. The molecule has 0 aliphatic rings. The molecule has 0 unspecified atom stereocenters. The molecule has 0 saturated heterocycles. The Balaban J connectivity index is 2.51. The molecular weight excluding hydrogens is 312 g/mol. The van der Waals surface area contributed by atoms with E-state index < -0.39 is 8.07 Å². The van der Waals surface area contributed by atoms with Gasteiger partial charge in [0, 0.05) is 5.02 Å². The first kappa shape index (κ1) is 16.8. The Morgan fingerprint density at radius 3 is 2.41 bits per heavy atom. The summed E-state index contributed by atoms with van der Waals surface area (Å²) in [5.41, 5.74) is 0.667. The first-order valence-electron chi connectivity index (χ1n) is 7.44.